The van der Waals surface area contributed by atoms with Gasteiger partial charge >= 0.3 is 0 Å². The number of rotatable bonds is 3. The van der Waals surface area contributed by atoms with E-state index in [1.54, 1.807) is 12.3 Å². The van der Waals surface area contributed by atoms with Crippen LogP contribution in [0, 0.1) is 0 Å². The van der Waals surface area contributed by atoms with Crippen LogP contribution >= 0.6 is 15.9 Å². The van der Waals surface area contributed by atoms with Crippen molar-refractivity contribution in [3.05, 3.63) is 35.1 Å². The molecule has 0 fully saturated rings. The molecule has 2 aromatic rings. The van der Waals surface area contributed by atoms with Crippen molar-refractivity contribution in [1.29, 1.82) is 0 Å². The third-order valence-electron chi connectivity index (χ3n) is 1.55. The van der Waals surface area contributed by atoms with Gasteiger partial charge in [0.1, 0.15) is 17.5 Å². The molecule has 2 heterocycles. The summed E-state index contributed by atoms with van der Waals surface area (Å²) >= 11 is 3.28. The Morgan fingerprint density at radius 1 is 1.43 bits per heavy atom. The topological polar surface area (TPSA) is 63.7 Å². The van der Waals surface area contributed by atoms with E-state index < -0.39 is 0 Å². The molecular formula is C8H7BrN4O. The lowest BCUT2D eigenvalue weighted by molar-refractivity contribution is 0.293. The Labute approximate surface area is 88.7 Å². The van der Waals surface area contributed by atoms with Crippen LogP contribution in [0.4, 0.5) is 0 Å². The summed E-state index contributed by atoms with van der Waals surface area (Å²) in [7, 11) is 0. The Hall–Kier alpha value is -1.43. The molecule has 0 spiro atoms. The van der Waals surface area contributed by atoms with Crippen molar-refractivity contribution >= 4 is 15.9 Å². The fourth-order valence-corrected chi connectivity index (χ4v) is 1.29. The summed E-state index contributed by atoms with van der Waals surface area (Å²) in [4.78, 5) is 7.96. The van der Waals surface area contributed by atoms with E-state index in [4.69, 9.17) is 4.74 Å². The Balaban J connectivity index is 2.02. The molecular weight excluding hydrogens is 248 g/mol. The highest BCUT2D eigenvalue weighted by atomic mass is 79.9. The minimum Gasteiger partial charge on any atom is -0.483 e. The van der Waals surface area contributed by atoms with Crippen LogP contribution in [-0.2, 0) is 6.61 Å². The SMILES string of the molecule is Brc1ncccc1OCc1ncn[nH]1. The molecule has 1 N–H and O–H groups in total. The average Bonchev–Trinajstić information content (AvgIpc) is 2.69. The zero-order valence-corrected chi connectivity index (χ0v) is 8.73. The molecule has 14 heavy (non-hydrogen) atoms. The largest absolute Gasteiger partial charge is 0.483 e. The predicted octanol–water partition coefficient (Wildman–Crippen LogP) is 1.54. The van der Waals surface area contributed by atoms with Gasteiger partial charge in [0.2, 0.25) is 0 Å². The second-order valence-corrected chi connectivity index (χ2v) is 3.26. The maximum atomic E-state index is 5.44. The molecule has 6 heteroatoms. The number of pyridine rings is 1. The molecule has 0 amide bonds. The van der Waals surface area contributed by atoms with Gasteiger partial charge in [-0.25, -0.2) is 9.97 Å². The van der Waals surface area contributed by atoms with Gasteiger partial charge in [0, 0.05) is 6.20 Å². The summed E-state index contributed by atoms with van der Waals surface area (Å²) in [6.45, 7) is 0.351. The van der Waals surface area contributed by atoms with Crippen molar-refractivity contribution in [2.24, 2.45) is 0 Å². The van der Waals surface area contributed by atoms with E-state index in [1.807, 2.05) is 6.07 Å². The molecule has 0 aliphatic rings. The molecule has 0 aliphatic carbocycles. The number of aromatic amines is 1. The van der Waals surface area contributed by atoms with Crippen LogP contribution in [0.3, 0.4) is 0 Å². The third-order valence-corrected chi connectivity index (χ3v) is 2.15. The Morgan fingerprint density at radius 3 is 3.07 bits per heavy atom. The Morgan fingerprint density at radius 2 is 2.36 bits per heavy atom. The van der Waals surface area contributed by atoms with E-state index in [0.717, 1.165) is 0 Å². The number of halogens is 1. The number of aromatic nitrogens is 4. The fourth-order valence-electron chi connectivity index (χ4n) is 0.925. The monoisotopic (exact) mass is 254 g/mol. The molecule has 0 unspecified atom stereocenters. The summed E-state index contributed by atoms with van der Waals surface area (Å²) < 4.78 is 6.12. The molecule has 0 radical (unpaired) electrons. The molecule has 0 aromatic carbocycles. The van der Waals surface area contributed by atoms with Crippen LogP contribution in [0.25, 0.3) is 0 Å². The van der Waals surface area contributed by atoms with Crippen LogP contribution in [0.15, 0.2) is 29.3 Å². The zero-order valence-electron chi connectivity index (χ0n) is 7.14. The van der Waals surface area contributed by atoms with E-state index in [2.05, 4.69) is 36.1 Å². The van der Waals surface area contributed by atoms with Crippen molar-refractivity contribution in [3.8, 4) is 5.75 Å². The van der Waals surface area contributed by atoms with Gasteiger partial charge in [-0.1, -0.05) is 0 Å². The van der Waals surface area contributed by atoms with Gasteiger partial charge in [-0.2, -0.15) is 5.10 Å². The molecule has 0 bridgehead atoms. The van der Waals surface area contributed by atoms with Crippen molar-refractivity contribution in [2.45, 2.75) is 6.61 Å². The lowest BCUT2D eigenvalue weighted by Gasteiger charge is -2.04. The summed E-state index contributed by atoms with van der Waals surface area (Å²) in [5.74, 6) is 1.37. The van der Waals surface area contributed by atoms with Crippen molar-refractivity contribution in [2.75, 3.05) is 0 Å². The van der Waals surface area contributed by atoms with Crippen LogP contribution in [-0.4, -0.2) is 20.2 Å². The van der Waals surface area contributed by atoms with E-state index in [1.165, 1.54) is 6.33 Å². The normalized spacial score (nSPS) is 10.1. The van der Waals surface area contributed by atoms with E-state index in [9.17, 15) is 0 Å². The summed E-state index contributed by atoms with van der Waals surface area (Å²) in [5, 5.41) is 6.42. The molecule has 72 valence electrons. The second kappa shape index (κ2) is 4.19. The van der Waals surface area contributed by atoms with Crippen molar-refractivity contribution in [3.63, 3.8) is 0 Å². The van der Waals surface area contributed by atoms with Gasteiger partial charge in [0.15, 0.2) is 11.6 Å². The highest BCUT2D eigenvalue weighted by molar-refractivity contribution is 9.10. The smallest absolute Gasteiger partial charge is 0.162 e. The van der Waals surface area contributed by atoms with Gasteiger partial charge in [0.05, 0.1) is 0 Å². The minimum atomic E-state index is 0.351. The van der Waals surface area contributed by atoms with Crippen molar-refractivity contribution < 1.29 is 4.74 Å². The first kappa shape index (κ1) is 9.14. The first-order valence-corrected chi connectivity index (χ1v) is 4.73. The van der Waals surface area contributed by atoms with Crippen LogP contribution in [0.5, 0.6) is 5.75 Å². The van der Waals surface area contributed by atoms with E-state index in [-0.39, 0.29) is 0 Å². The van der Waals surface area contributed by atoms with Gasteiger partial charge in [0.25, 0.3) is 0 Å². The van der Waals surface area contributed by atoms with Gasteiger partial charge in [-0.05, 0) is 28.1 Å². The van der Waals surface area contributed by atoms with E-state index in [0.29, 0.717) is 22.8 Å². The van der Waals surface area contributed by atoms with Crippen LogP contribution in [0.1, 0.15) is 5.82 Å². The maximum Gasteiger partial charge on any atom is 0.162 e. The average molecular weight is 255 g/mol. The number of nitrogens with zero attached hydrogens (tertiary/aromatic N) is 3. The third kappa shape index (κ3) is 2.08. The maximum absolute atomic E-state index is 5.44. The van der Waals surface area contributed by atoms with Gasteiger partial charge in [-0.15, -0.1) is 0 Å². The number of nitrogens with one attached hydrogen (secondary N) is 1. The second-order valence-electron chi connectivity index (χ2n) is 2.51. The van der Waals surface area contributed by atoms with Crippen LogP contribution < -0.4 is 4.74 Å². The molecule has 0 aliphatic heterocycles. The quantitative estimate of drug-likeness (QED) is 0.845. The van der Waals surface area contributed by atoms with Crippen LogP contribution in [0.2, 0.25) is 0 Å². The highest BCUT2D eigenvalue weighted by Gasteiger charge is 2.02. The molecule has 2 rings (SSSR count). The predicted molar refractivity (Wildman–Crippen MR) is 52.7 cm³/mol. The molecule has 0 saturated heterocycles. The lowest BCUT2D eigenvalue weighted by Crippen LogP contribution is -1.98. The summed E-state index contributed by atoms with van der Waals surface area (Å²) in [6.07, 6.45) is 3.13. The minimum absolute atomic E-state index is 0.351. The lowest BCUT2D eigenvalue weighted by atomic mass is 10.5. The standard InChI is InChI=1S/C8H7BrN4O/c9-8-6(2-1-3-10-8)14-4-7-11-5-12-13-7/h1-3,5H,4H2,(H,11,12,13). The number of H-pyrrole nitrogens is 1. The fraction of sp³-hybridized carbons (Fsp3) is 0.125. The summed E-state index contributed by atoms with van der Waals surface area (Å²) in [5.41, 5.74) is 0. The number of hydrogen-bond donors (Lipinski definition) is 1. The molecule has 0 atom stereocenters. The number of ether oxygens (including phenoxy) is 1. The van der Waals surface area contributed by atoms with Crippen molar-refractivity contribution in [1.82, 2.24) is 20.2 Å². The van der Waals surface area contributed by atoms with Gasteiger partial charge < -0.3 is 4.74 Å². The molecule has 5 nitrogen and oxygen atoms in total. The first-order valence-electron chi connectivity index (χ1n) is 3.94. The van der Waals surface area contributed by atoms with E-state index >= 15 is 0 Å². The zero-order chi connectivity index (χ0) is 9.80. The Kier molecular flexibility index (Phi) is 2.73. The van der Waals surface area contributed by atoms with Gasteiger partial charge in [-0.3, -0.25) is 5.10 Å². The molecule has 2 aromatic heterocycles. The Bertz CT molecular complexity index is 403. The number of hydrogen-bond acceptors (Lipinski definition) is 4. The molecule has 0 saturated carbocycles. The highest BCUT2D eigenvalue weighted by Crippen LogP contribution is 2.21. The summed E-state index contributed by atoms with van der Waals surface area (Å²) in [6, 6.07) is 3.63. The first-order chi connectivity index (χ1) is 6.86.